The van der Waals surface area contributed by atoms with Crippen molar-refractivity contribution in [2.45, 2.75) is 38.8 Å². The summed E-state index contributed by atoms with van der Waals surface area (Å²) in [6.07, 6.45) is 7.77. The maximum absolute atomic E-state index is 6.00. The Hall–Kier alpha value is -2.37. The number of nitrogens with zero attached hydrogens (tertiary/aromatic N) is 4. The van der Waals surface area contributed by atoms with Gasteiger partial charge in [0.15, 0.2) is 11.4 Å². The Kier molecular flexibility index (Phi) is 2.92. The summed E-state index contributed by atoms with van der Waals surface area (Å²) < 4.78 is 6.00. The number of likely N-dealkylation sites (N-methyl/N-ethyl adjacent to an activating group) is 1. The number of anilines is 1. The molecule has 0 saturated carbocycles. The minimum Gasteiger partial charge on any atom is -0.451 e. The molecule has 0 aromatic carbocycles. The number of rotatable bonds is 2. The Labute approximate surface area is 128 Å². The molecule has 1 aliphatic carbocycles. The highest BCUT2D eigenvalue weighted by atomic mass is 16.3. The summed E-state index contributed by atoms with van der Waals surface area (Å²) in [4.78, 5) is 8.82. The summed E-state index contributed by atoms with van der Waals surface area (Å²) in [6.45, 7) is 4.18. The van der Waals surface area contributed by atoms with Gasteiger partial charge in [-0.2, -0.15) is 5.10 Å². The van der Waals surface area contributed by atoms with Crippen molar-refractivity contribution in [2.24, 2.45) is 5.10 Å². The van der Waals surface area contributed by atoms with Gasteiger partial charge in [0, 0.05) is 12.6 Å². The largest absolute Gasteiger partial charge is 0.451 e. The van der Waals surface area contributed by atoms with Crippen LogP contribution in [0.3, 0.4) is 0 Å². The monoisotopic (exact) mass is 297 g/mol. The molecule has 0 radical (unpaired) electrons. The summed E-state index contributed by atoms with van der Waals surface area (Å²) in [5.74, 6) is 1.65. The van der Waals surface area contributed by atoms with Crippen molar-refractivity contribution in [3.05, 3.63) is 23.7 Å². The predicted molar refractivity (Wildman–Crippen MR) is 86.9 cm³/mol. The van der Waals surface area contributed by atoms with E-state index in [4.69, 9.17) is 4.42 Å². The van der Waals surface area contributed by atoms with Gasteiger partial charge in [-0.05, 0) is 32.8 Å². The smallest absolute Gasteiger partial charge is 0.195 e. The molecule has 1 N–H and O–H groups in total. The van der Waals surface area contributed by atoms with Crippen molar-refractivity contribution in [3.8, 4) is 0 Å². The zero-order valence-corrected chi connectivity index (χ0v) is 13.0. The quantitative estimate of drug-likeness (QED) is 0.923. The normalized spacial score (nSPS) is 23.8. The number of nitrogens with one attached hydrogen (secondary N) is 1. The van der Waals surface area contributed by atoms with Crippen LogP contribution in [-0.2, 0) is 6.42 Å². The molecular formula is C16H19N5O. The van der Waals surface area contributed by atoms with Crippen LogP contribution in [0.25, 0.3) is 17.2 Å². The predicted octanol–water partition coefficient (Wildman–Crippen LogP) is 2.67. The maximum atomic E-state index is 6.00. The number of hydrogen-bond acceptors (Lipinski definition) is 6. The molecule has 0 saturated heterocycles. The molecular weight excluding hydrogens is 278 g/mol. The molecule has 6 nitrogen and oxygen atoms in total. The van der Waals surface area contributed by atoms with Crippen LogP contribution in [0.5, 0.6) is 0 Å². The van der Waals surface area contributed by atoms with Crippen LogP contribution in [0, 0.1) is 0 Å². The molecule has 2 aromatic heterocycles. The van der Waals surface area contributed by atoms with Gasteiger partial charge in [-0.1, -0.05) is 6.08 Å². The van der Waals surface area contributed by atoms with Gasteiger partial charge in [-0.15, -0.1) is 0 Å². The van der Waals surface area contributed by atoms with Gasteiger partial charge < -0.3 is 9.73 Å². The molecule has 2 aromatic rings. The van der Waals surface area contributed by atoms with Gasteiger partial charge in [0.1, 0.15) is 17.6 Å². The first kappa shape index (κ1) is 13.3. The molecule has 2 unspecified atom stereocenters. The lowest BCUT2D eigenvalue weighted by Gasteiger charge is -2.22. The van der Waals surface area contributed by atoms with Crippen LogP contribution in [0.15, 0.2) is 21.9 Å². The van der Waals surface area contributed by atoms with Crippen molar-refractivity contribution >= 4 is 28.7 Å². The lowest BCUT2D eigenvalue weighted by molar-refractivity contribution is 0.294. The van der Waals surface area contributed by atoms with Crippen LogP contribution >= 0.6 is 0 Å². The zero-order valence-electron chi connectivity index (χ0n) is 13.0. The van der Waals surface area contributed by atoms with Gasteiger partial charge in [0.25, 0.3) is 0 Å². The lowest BCUT2D eigenvalue weighted by Crippen LogP contribution is -2.38. The Bertz CT molecular complexity index is 791. The number of hydrazone groups is 1. The number of furan rings is 1. The van der Waals surface area contributed by atoms with Gasteiger partial charge >= 0.3 is 0 Å². The highest BCUT2D eigenvalue weighted by Gasteiger charge is 2.31. The molecule has 0 amide bonds. The Balaban J connectivity index is 1.75. The average Bonchev–Trinajstić information content (AvgIpc) is 3.01. The second kappa shape index (κ2) is 4.83. The average molecular weight is 297 g/mol. The van der Waals surface area contributed by atoms with E-state index in [1.807, 2.05) is 25.1 Å². The van der Waals surface area contributed by atoms with Crippen LogP contribution in [0.1, 0.15) is 31.6 Å². The first-order valence-electron chi connectivity index (χ1n) is 7.62. The maximum Gasteiger partial charge on any atom is 0.195 e. The standard InChI is InChI=1S/C16H19N5O/c1-9-13(10(2)21(3)20-9)19-16-15-14(17-8-18-16)11-6-4-5-7-12(11)22-15/h5,7-8,10,13H,4,6H2,1-3H3,(H,17,18,19). The zero-order chi connectivity index (χ0) is 15.3. The van der Waals surface area contributed by atoms with Gasteiger partial charge in [-0.25, -0.2) is 9.97 Å². The van der Waals surface area contributed by atoms with E-state index in [1.165, 1.54) is 5.56 Å². The van der Waals surface area contributed by atoms with Crippen LogP contribution in [-0.4, -0.2) is 39.8 Å². The molecule has 114 valence electrons. The fraction of sp³-hybridized carbons (Fsp3) is 0.438. The second-order valence-electron chi connectivity index (χ2n) is 5.96. The molecule has 0 spiro atoms. The topological polar surface area (TPSA) is 66.5 Å². The first-order valence-corrected chi connectivity index (χ1v) is 7.62. The Morgan fingerprint density at radius 3 is 3.00 bits per heavy atom. The molecule has 3 heterocycles. The highest BCUT2D eigenvalue weighted by molar-refractivity contribution is 5.95. The molecule has 6 heteroatoms. The molecule has 0 fully saturated rings. The third kappa shape index (κ3) is 1.90. The van der Waals surface area contributed by atoms with E-state index in [0.29, 0.717) is 0 Å². The number of aromatic nitrogens is 2. The van der Waals surface area contributed by atoms with Crippen LogP contribution < -0.4 is 5.32 Å². The summed E-state index contributed by atoms with van der Waals surface area (Å²) in [6, 6.07) is 0.398. The van der Waals surface area contributed by atoms with E-state index in [0.717, 1.165) is 41.2 Å². The molecule has 2 aliphatic rings. The van der Waals surface area contributed by atoms with E-state index >= 15 is 0 Å². The molecule has 1 aliphatic heterocycles. The molecule has 22 heavy (non-hydrogen) atoms. The van der Waals surface area contributed by atoms with Crippen LogP contribution in [0.4, 0.5) is 5.82 Å². The van der Waals surface area contributed by atoms with E-state index in [-0.39, 0.29) is 12.1 Å². The first-order chi connectivity index (χ1) is 10.6. The summed E-state index contributed by atoms with van der Waals surface area (Å²) in [5, 5.41) is 9.95. The summed E-state index contributed by atoms with van der Waals surface area (Å²) >= 11 is 0. The van der Waals surface area contributed by atoms with Gasteiger partial charge in [0.2, 0.25) is 0 Å². The molecule has 0 bridgehead atoms. The van der Waals surface area contributed by atoms with Gasteiger partial charge in [0.05, 0.1) is 17.8 Å². The minimum absolute atomic E-state index is 0.126. The summed E-state index contributed by atoms with van der Waals surface area (Å²) in [5.41, 5.74) is 3.90. The number of aryl methyl sites for hydroxylation is 1. The fourth-order valence-corrected chi connectivity index (χ4v) is 3.21. The number of fused-ring (bicyclic) bond motifs is 3. The van der Waals surface area contributed by atoms with Crippen molar-refractivity contribution in [2.75, 3.05) is 12.4 Å². The minimum atomic E-state index is 0.126. The van der Waals surface area contributed by atoms with Crippen molar-refractivity contribution in [1.29, 1.82) is 0 Å². The Morgan fingerprint density at radius 1 is 1.36 bits per heavy atom. The third-order valence-electron chi connectivity index (χ3n) is 4.56. The number of hydrogen-bond donors (Lipinski definition) is 1. The van der Waals surface area contributed by atoms with Crippen molar-refractivity contribution in [1.82, 2.24) is 15.0 Å². The van der Waals surface area contributed by atoms with E-state index in [9.17, 15) is 0 Å². The van der Waals surface area contributed by atoms with Crippen LogP contribution in [0.2, 0.25) is 0 Å². The number of allylic oxidation sites excluding steroid dienone is 1. The van der Waals surface area contributed by atoms with E-state index in [1.54, 1.807) is 6.33 Å². The van der Waals surface area contributed by atoms with Gasteiger partial charge in [-0.3, -0.25) is 5.01 Å². The second-order valence-corrected chi connectivity index (χ2v) is 5.96. The third-order valence-corrected chi connectivity index (χ3v) is 4.56. The van der Waals surface area contributed by atoms with E-state index in [2.05, 4.69) is 33.4 Å². The van der Waals surface area contributed by atoms with E-state index < -0.39 is 0 Å². The van der Waals surface area contributed by atoms with Crippen molar-refractivity contribution < 1.29 is 4.42 Å². The SMILES string of the molecule is CC1=NN(C)C(C)C1Nc1ncnc2c3c(oc12)C=CCC3. The summed E-state index contributed by atoms with van der Waals surface area (Å²) in [7, 11) is 1.99. The van der Waals surface area contributed by atoms with Crippen molar-refractivity contribution in [3.63, 3.8) is 0 Å². The Morgan fingerprint density at radius 2 is 2.23 bits per heavy atom. The lowest BCUT2D eigenvalue weighted by atomic mass is 10.0. The highest BCUT2D eigenvalue weighted by Crippen LogP contribution is 2.33. The fourth-order valence-electron chi connectivity index (χ4n) is 3.21. The molecule has 2 atom stereocenters. The molecule has 4 rings (SSSR count).